The molecule has 0 saturated heterocycles. The molecule has 226 valence electrons. The maximum absolute atomic E-state index is 14.2. The maximum atomic E-state index is 14.2. The van der Waals surface area contributed by atoms with Crippen LogP contribution in [0, 0.1) is 20.8 Å². The zero-order valence-electron chi connectivity index (χ0n) is 24.8. The number of nitrogens with zero attached hydrogens (tertiary/aromatic N) is 2. The van der Waals surface area contributed by atoms with Crippen LogP contribution in [0.25, 0.3) is 0 Å². The predicted molar refractivity (Wildman–Crippen MR) is 171 cm³/mol. The van der Waals surface area contributed by atoms with Crippen LogP contribution in [0.15, 0.2) is 65.6 Å². The van der Waals surface area contributed by atoms with E-state index in [9.17, 15) is 18.0 Å². The summed E-state index contributed by atoms with van der Waals surface area (Å²) >= 11 is 12.4. The lowest BCUT2D eigenvalue weighted by Crippen LogP contribution is -2.52. The summed E-state index contributed by atoms with van der Waals surface area (Å²) in [5.74, 6) is -0.811. The lowest BCUT2D eigenvalue weighted by atomic mass is 10.1. The molecule has 42 heavy (non-hydrogen) atoms. The van der Waals surface area contributed by atoms with Crippen LogP contribution in [0.2, 0.25) is 10.0 Å². The fraction of sp³-hybridized carbons (Fsp3) is 0.375. The van der Waals surface area contributed by atoms with Crippen molar-refractivity contribution in [2.24, 2.45) is 0 Å². The number of aryl methyl sites for hydroxylation is 3. The number of unbranched alkanes of at least 4 members (excludes halogenated alkanes) is 1. The van der Waals surface area contributed by atoms with Gasteiger partial charge in [-0.25, -0.2) is 8.42 Å². The highest BCUT2D eigenvalue weighted by molar-refractivity contribution is 7.92. The van der Waals surface area contributed by atoms with E-state index in [2.05, 4.69) is 5.32 Å². The van der Waals surface area contributed by atoms with Crippen molar-refractivity contribution in [1.82, 2.24) is 10.2 Å². The summed E-state index contributed by atoms with van der Waals surface area (Å²) < 4.78 is 29.3. The van der Waals surface area contributed by atoms with E-state index < -0.39 is 28.5 Å². The summed E-state index contributed by atoms with van der Waals surface area (Å²) in [7, 11) is -4.15. The largest absolute Gasteiger partial charge is 0.354 e. The highest BCUT2D eigenvalue weighted by atomic mass is 35.5. The van der Waals surface area contributed by atoms with Gasteiger partial charge in [-0.3, -0.25) is 13.9 Å². The van der Waals surface area contributed by atoms with Crippen LogP contribution in [0.1, 0.15) is 55.4 Å². The van der Waals surface area contributed by atoms with E-state index >= 15 is 0 Å². The van der Waals surface area contributed by atoms with Crippen molar-refractivity contribution >= 4 is 50.7 Å². The lowest BCUT2D eigenvalue weighted by molar-refractivity contribution is -0.140. The smallest absolute Gasteiger partial charge is 0.264 e. The number of hydrogen-bond acceptors (Lipinski definition) is 4. The SMILES string of the molecule is CCCCNC(=O)[C@@H](CC)N(Cc1ccc(Cl)c(Cl)c1)C(=O)CN(c1cc(C)ccc1C)S(=O)(=O)c1ccc(C)cc1. The van der Waals surface area contributed by atoms with Crippen LogP contribution in [0.5, 0.6) is 0 Å². The van der Waals surface area contributed by atoms with E-state index in [0.29, 0.717) is 39.8 Å². The van der Waals surface area contributed by atoms with E-state index in [1.807, 2.05) is 39.8 Å². The zero-order chi connectivity index (χ0) is 31.0. The Bertz CT molecular complexity index is 1510. The molecule has 3 aromatic carbocycles. The average molecular weight is 633 g/mol. The molecule has 3 aromatic rings. The topological polar surface area (TPSA) is 86.8 Å². The second-order valence-corrected chi connectivity index (χ2v) is 13.1. The molecule has 0 radical (unpaired) electrons. The molecule has 0 fully saturated rings. The van der Waals surface area contributed by atoms with Gasteiger partial charge in [0.1, 0.15) is 12.6 Å². The van der Waals surface area contributed by atoms with Crippen LogP contribution in [-0.2, 0) is 26.2 Å². The van der Waals surface area contributed by atoms with Crippen LogP contribution in [0.4, 0.5) is 5.69 Å². The average Bonchev–Trinajstić information content (AvgIpc) is 2.95. The standard InChI is InChI=1S/C32H39Cl2N3O4S/c1-6-8-17-35-32(39)29(7-2)36(20-25-13-16-27(33)28(34)19-25)31(38)21-37(30-18-23(4)9-12-24(30)5)42(40,41)26-14-10-22(3)11-15-26/h9-16,18-19,29H,6-8,17,20-21H2,1-5H3,(H,35,39)/t29-/m1/s1. The first-order chi connectivity index (χ1) is 19.9. The van der Waals surface area contributed by atoms with Gasteiger partial charge in [0.05, 0.1) is 20.6 Å². The first-order valence-electron chi connectivity index (χ1n) is 14.1. The van der Waals surface area contributed by atoms with Crippen molar-refractivity contribution in [2.75, 3.05) is 17.4 Å². The first-order valence-corrected chi connectivity index (χ1v) is 16.3. The second-order valence-electron chi connectivity index (χ2n) is 10.5. The molecule has 0 heterocycles. The van der Waals surface area contributed by atoms with Crippen molar-refractivity contribution < 1.29 is 18.0 Å². The van der Waals surface area contributed by atoms with E-state index in [0.717, 1.165) is 28.3 Å². The summed E-state index contributed by atoms with van der Waals surface area (Å²) in [6.07, 6.45) is 2.04. The fourth-order valence-electron chi connectivity index (χ4n) is 4.60. The third kappa shape index (κ3) is 8.27. The number of hydrogen-bond donors (Lipinski definition) is 1. The molecular formula is C32H39Cl2N3O4S. The lowest BCUT2D eigenvalue weighted by Gasteiger charge is -2.33. The number of sulfonamides is 1. The molecule has 0 unspecified atom stereocenters. The molecule has 1 atom stereocenters. The summed E-state index contributed by atoms with van der Waals surface area (Å²) in [5.41, 5.74) is 3.53. The molecule has 0 saturated carbocycles. The summed E-state index contributed by atoms with van der Waals surface area (Å²) in [6.45, 7) is 9.43. The molecule has 1 N–H and O–H groups in total. The van der Waals surface area contributed by atoms with E-state index in [1.54, 1.807) is 43.3 Å². The number of halogens is 2. The molecule has 0 aliphatic carbocycles. The van der Waals surface area contributed by atoms with Crippen molar-refractivity contribution in [3.8, 4) is 0 Å². The molecular weight excluding hydrogens is 593 g/mol. The summed E-state index contributed by atoms with van der Waals surface area (Å²) in [5, 5.41) is 3.62. The van der Waals surface area contributed by atoms with Crippen molar-refractivity contribution in [3.63, 3.8) is 0 Å². The Kier molecular flexibility index (Phi) is 11.9. The zero-order valence-corrected chi connectivity index (χ0v) is 27.1. The third-order valence-electron chi connectivity index (χ3n) is 7.07. The van der Waals surface area contributed by atoms with Gasteiger partial charge >= 0.3 is 0 Å². The monoisotopic (exact) mass is 631 g/mol. The van der Waals surface area contributed by atoms with Gasteiger partial charge in [0, 0.05) is 13.1 Å². The van der Waals surface area contributed by atoms with Gasteiger partial charge < -0.3 is 10.2 Å². The number of benzene rings is 3. The Balaban J connectivity index is 2.09. The Morgan fingerprint density at radius 2 is 1.55 bits per heavy atom. The minimum atomic E-state index is -4.15. The minimum Gasteiger partial charge on any atom is -0.354 e. The Morgan fingerprint density at radius 3 is 2.17 bits per heavy atom. The molecule has 0 bridgehead atoms. The van der Waals surface area contributed by atoms with Crippen LogP contribution < -0.4 is 9.62 Å². The predicted octanol–water partition coefficient (Wildman–Crippen LogP) is 6.84. The number of rotatable bonds is 13. The molecule has 10 heteroatoms. The normalized spacial score (nSPS) is 12.1. The quantitative estimate of drug-likeness (QED) is 0.209. The highest BCUT2D eigenvalue weighted by Crippen LogP contribution is 2.29. The van der Waals surface area contributed by atoms with E-state index in [1.165, 1.54) is 17.0 Å². The van der Waals surface area contributed by atoms with Gasteiger partial charge in [-0.2, -0.15) is 0 Å². The van der Waals surface area contributed by atoms with E-state index in [-0.39, 0.29) is 17.3 Å². The van der Waals surface area contributed by atoms with Crippen LogP contribution in [0.3, 0.4) is 0 Å². The van der Waals surface area contributed by atoms with Gasteiger partial charge in [0.2, 0.25) is 11.8 Å². The Labute approximate surface area is 259 Å². The van der Waals surface area contributed by atoms with Gasteiger partial charge in [0.15, 0.2) is 0 Å². The van der Waals surface area contributed by atoms with Gasteiger partial charge in [-0.1, -0.05) is 79.4 Å². The Morgan fingerprint density at radius 1 is 0.881 bits per heavy atom. The Hall–Kier alpha value is -3.07. The highest BCUT2D eigenvalue weighted by Gasteiger charge is 2.34. The molecule has 0 aromatic heterocycles. The van der Waals surface area contributed by atoms with Crippen LogP contribution in [-0.4, -0.2) is 44.3 Å². The first kappa shape index (κ1) is 33.4. The number of carbonyl (C=O) groups is 2. The summed E-state index contributed by atoms with van der Waals surface area (Å²) in [4.78, 5) is 29.1. The fourth-order valence-corrected chi connectivity index (χ4v) is 6.39. The minimum absolute atomic E-state index is 0.0423. The molecule has 3 rings (SSSR count). The number of nitrogens with one attached hydrogen (secondary N) is 1. The van der Waals surface area contributed by atoms with Gasteiger partial charge in [-0.15, -0.1) is 0 Å². The van der Waals surface area contributed by atoms with Gasteiger partial charge in [-0.05, 0) is 80.6 Å². The third-order valence-corrected chi connectivity index (χ3v) is 9.59. The molecule has 0 spiro atoms. The number of carbonyl (C=O) groups excluding carboxylic acids is 2. The van der Waals surface area contributed by atoms with Gasteiger partial charge in [0.25, 0.3) is 10.0 Å². The van der Waals surface area contributed by atoms with Crippen LogP contribution >= 0.6 is 23.2 Å². The maximum Gasteiger partial charge on any atom is 0.264 e. The number of anilines is 1. The molecule has 2 amide bonds. The van der Waals surface area contributed by atoms with Crippen molar-refractivity contribution in [3.05, 3.63) is 93.0 Å². The van der Waals surface area contributed by atoms with Crippen molar-refractivity contribution in [2.45, 2.75) is 71.4 Å². The number of amides is 2. The molecule has 7 nitrogen and oxygen atoms in total. The van der Waals surface area contributed by atoms with Crippen molar-refractivity contribution in [1.29, 1.82) is 0 Å². The molecule has 0 aliphatic rings. The second kappa shape index (κ2) is 14.9. The molecule has 0 aliphatic heterocycles. The van der Waals surface area contributed by atoms with E-state index in [4.69, 9.17) is 23.2 Å². The summed E-state index contributed by atoms with van der Waals surface area (Å²) in [6, 6.07) is 16.2.